The Morgan fingerprint density at radius 1 is 1.10 bits per heavy atom. The highest BCUT2D eigenvalue weighted by atomic mass is 79.9. The molecule has 0 bridgehead atoms. The lowest BCUT2D eigenvalue weighted by Crippen LogP contribution is -2.22. The summed E-state index contributed by atoms with van der Waals surface area (Å²) in [5, 5.41) is 3.53. The van der Waals surface area contributed by atoms with E-state index in [4.69, 9.17) is 0 Å². The Morgan fingerprint density at radius 3 is 2.45 bits per heavy atom. The van der Waals surface area contributed by atoms with Crippen LogP contribution >= 0.6 is 15.9 Å². The Kier molecular flexibility index (Phi) is 5.74. The third-order valence-electron chi connectivity index (χ3n) is 3.32. The van der Waals surface area contributed by atoms with Gasteiger partial charge in [0.2, 0.25) is 0 Å². The van der Waals surface area contributed by atoms with Crippen LogP contribution in [0.5, 0.6) is 0 Å². The largest absolute Gasteiger partial charge is 0.306 e. The molecule has 20 heavy (non-hydrogen) atoms. The molecule has 0 amide bonds. The maximum atomic E-state index is 4.27. The molecule has 0 saturated carbocycles. The second-order valence-corrected chi connectivity index (χ2v) is 5.83. The van der Waals surface area contributed by atoms with Crippen LogP contribution < -0.4 is 5.32 Å². The van der Waals surface area contributed by atoms with E-state index in [0.29, 0.717) is 0 Å². The predicted molar refractivity (Wildman–Crippen MR) is 87.9 cm³/mol. The molecule has 0 saturated heterocycles. The zero-order chi connectivity index (χ0) is 14.4. The normalized spacial score (nSPS) is 12.3. The lowest BCUT2D eigenvalue weighted by Gasteiger charge is -2.19. The maximum absolute atomic E-state index is 4.27. The summed E-state index contributed by atoms with van der Waals surface area (Å²) in [5.74, 6) is 0. The van der Waals surface area contributed by atoms with E-state index in [1.54, 1.807) is 0 Å². The summed E-state index contributed by atoms with van der Waals surface area (Å²) in [6.07, 6.45) is 6.07. The molecule has 1 atom stereocenters. The number of pyridine rings is 1. The summed E-state index contributed by atoms with van der Waals surface area (Å²) in [7, 11) is 0. The van der Waals surface area contributed by atoms with Crippen molar-refractivity contribution in [1.29, 1.82) is 0 Å². The van der Waals surface area contributed by atoms with Gasteiger partial charge in [-0.3, -0.25) is 4.98 Å². The molecule has 106 valence electrons. The molecule has 0 spiro atoms. The predicted octanol–water partition coefficient (Wildman–Crippen LogP) is 4.50. The zero-order valence-electron chi connectivity index (χ0n) is 12.1. The highest BCUT2D eigenvalue weighted by molar-refractivity contribution is 9.10. The van der Waals surface area contributed by atoms with E-state index in [0.717, 1.165) is 17.4 Å². The van der Waals surface area contributed by atoms with E-state index < -0.39 is 0 Å². The number of rotatable bonds is 6. The van der Waals surface area contributed by atoms with Gasteiger partial charge in [-0.05, 0) is 51.7 Å². The second kappa shape index (κ2) is 7.55. The Balaban J connectivity index is 2.28. The van der Waals surface area contributed by atoms with Gasteiger partial charge in [0.15, 0.2) is 0 Å². The number of aryl methyl sites for hydroxylation is 1. The molecule has 1 aromatic heterocycles. The minimum absolute atomic E-state index is 0.195. The molecule has 0 aliphatic heterocycles. The summed E-state index contributed by atoms with van der Waals surface area (Å²) in [6.45, 7) is 5.26. The standard InChI is InChI=1S/C17H21BrN2/c1-3-5-13-6-8-14(9-7-13)17(20-4-2)15-10-16(18)12-19-11-15/h6-12,17,20H,3-5H2,1-2H3. The van der Waals surface area contributed by atoms with Crippen LogP contribution in [0.25, 0.3) is 0 Å². The first kappa shape index (κ1) is 15.2. The molecular weight excluding hydrogens is 312 g/mol. The molecule has 0 fully saturated rings. The van der Waals surface area contributed by atoms with Gasteiger partial charge >= 0.3 is 0 Å². The molecule has 1 aromatic carbocycles. The fourth-order valence-electron chi connectivity index (χ4n) is 2.38. The average molecular weight is 333 g/mol. The van der Waals surface area contributed by atoms with E-state index in [2.05, 4.69) is 70.4 Å². The van der Waals surface area contributed by atoms with Gasteiger partial charge in [-0.2, -0.15) is 0 Å². The highest BCUT2D eigenvalue weighted by Crippen LogP contribution is 2.24. The van der Waals surface area contributed by atoms with Crippen LogP contribution in [0, 0.1) is 0 Å². The third kappa shape index (κ3) is 3.90. The number of nitrogens with one attached hydrogen (secondary N) is 1. The van der Waals surface area contributed by atoms with Gasteiger partial charge in [-0.25, -0.2) is 0 Å². The van der Waals surface area contributed by atoms with Crippen LogP contribution in [0.2, 0.25) is 0 Å². The summed E-state index contributed by atoms with van der Waals surface area (Å²) >= 11 is 3.50. The first-order valence-electron chi connectivity index (χ1n) is 7.17. The van der Waals surface area contributed by atoms with Crippen LogP contribution in [0.15, 0.2) is 47.2 Å². The Bertz CT molecular complexity index is 537. The van der Waals surface area contributed by atoms with Crippen molar-refractivity contribution < 1.29 is 0 Å². The van der Waals surface area contributed by atoms with Gasteiger partial charge in [0.05, 0.1) is 6.04 Å². The molecule has 0 aliphatic rings. The fraction of sp³-hybridized carbons (Fsp3) is 0.353. The van der Waals surface area contributed by atoms with Gasteiger partial charge in [-0.15, -0.1) is 0 Å². The Morgan fingerprint density at radius 2 is 1.85 bits per heavy atom. The molecule has 1 N–H and O–H groups in total. The molecule has 2 nitrogen and oxygen atoms in total. The van der Waals surface area contributed by atoms with Crippen LogP contribution in [0.3, 0.4) is 0 Å². The number of hydrogen-bond donors (Lipinski definition) is 1. The monoisotopic (exact) mass is 332 g/mol. The number of benzene rings is 1. The van der Waals surface area contributed by atoms with Crippen molar-refractivity contribution in [1.82, 2.24) is 10.3 Å². The van der Waals surface area contributed by atoms with Gasteiger partial charge < -0.3 is 5.32 Å². The molecule has 2 rings (SSSR count). The molecule has 0 radical (unpaired) electrons. The zero-order valence-corrected chi connectivity index (χ0v) is 13.7. The highest BCUT2D eigenvalue weighted by Gasteiger charge is 2.13. The van der Waals surface area contributed by atoms with Crippen LogP contribution in [-0.2, 0) is 6.42 Å². The van der Waals surface area contributed by atoms with Crippen LogP contribution in [-0.4, -0.2) is 11.5 Å². The molecule has 1 unspecified atom stereocenters. The minimum Gasteiger partial charge on any atom is -0.306 e. The topological polar surface area (TPSA) is 24.9 Å². The smallest absolute Gasteiger partial charge is 0.0592 e. The van der Waals surface area contributed by atoms with Gasteiger partial charge in [0, 0.05) is 16.9 Å². The first-order valence-corrected chi connectivity index (χ1v) is 7.96. The van der Waals surface area contributed by atoms with Crippen LogP contribution in [0.4, 0.5) is 0 Å². The lowest BCUT2D eigenvalue weighted by molar-refractivity contribution is 0.628. The van der Waals surface area contributed by atoms with E-state index in [9.17, 15) is 0 Å². The summed E-state index contributed by atoms with van der Waals surface area (Å²) in [4.78, 5) is 4.27. The van der Waals surface area contributed by atoms with Crippen molar-refractivity contribution in [2.75, 3.05) is 6.54 Å². The van der Waals surface area contributed by atoms with Crippen molar-refractivity contribution in [3.05, 3.63) is 63.9 Å². The summed E-state index contributed by atoms with van der Waals surface area (Å²) < 4.78 is 1.01. The average Bonchev–Trinajstić information content (AvgIpc) is 2.46. The molecule has 1 heterocycles. The van der Waals surface area contributed by atoms with Gasteiger partial charge in [0.25, 0.3) is 0 Å². The van der Waals surface area contributed by atoms with E-state index in [1.165, 1.54) is 23.1 Å². The minimum atomic E-state index is 0.195. The van der Waals surface area contributed by atoms with Gasteiger partial charge in [-0.1, -0.05) is 44.5 Å². The molecule has 2 aromatic rings. The molecule has 0 aliphatic carbocycles. The molecular formula is C17H21BrN2. The lowest BCUT2D eigenvalue weighted by atomic mass is 9.98. The van der Waals surface area contributed by atoms with E-state index >= 15 is 0 Å². The van der Waals surface area contributed by atoms with Gasteiger partial charge in [0.1, 0.15) is 0 Å². The summed E-state index contributed by atoms with van der Waals surface area (Å²) in [5.41, 5.74) is 3.87. The van der Waals surface area contributed by atoms with Crippen molar-refractivity contribution in [3.63, 3.8) is 0 Å². The number of nitrogens with zero attached hydrogens (tertiary/aromatic N) is 1. The van der Waals surface area contributed by atoms with Crippen molar-refractivity contribution in [2.24, 2.45) is 0 Å². The van der Waals surface area contributed by atoms with Crippen molar-refractivity contribution in [2.45, 2.75) is 32.7 Å². The number of hydrogen-bond acceptors (Lipinski definition) is 2. The Labute approximate surface area is 129 Å². The van der Waals surface area contributed by atoms with E-state index in [1.807, 2.05) is 12.4 Å². The van der Waals surface area contributed by atoms with Crippen LogP contribution in [0.1, 0.15) is 43.0 Å². The van der Waals surface area contributed by atoms with E-state index in [-0.39, 0.29) is 6.04 Å². The van der Waals surface area contributed by atoms with Crippen molar-refractivity contribution >= 4 is 15.9 Å². The number of halogens is 1. The molecule has 3 heteroatoms. The first-order chi connectivity index (χ1) is 9.74. The number of aromatic nitrogens is 1. The SMILES string of the molecule is CCCc1ccc(C(NCC)c2cncc(Br)c2)cc1. The van der Waals surface area contributed by atoms with Crippen molar-refractivity contribution in [3.8, 4) is 0 Å². The Hall–Kier alpha value is -1.19. The summed E-state index contributed by atoms with van der Waals surface area (Å²) in [6, 6.07) is 11.2. The quantitative estimate of drug-likeness (QED) is 0.842. The maximum Gasteiger partial charge on any atom is 0.0592 e. The third-order valence-corrected chi connectivity index (χ3v) is 3.75. The second-order valence-electron chi connectivity index (χ2n) is 4.92. The fourth-order valence-corrected chi connectivity index (χ4v) is 2.77.